The third kappa shape index (κ3) is 2.25. The topological polar surface area (TPSA) is 83.6 Å². The van der Waals surface area contributed by atoms with Crippen LogP contribution in [0.2, 0.25) is 0 Å². The second kappa shape index (κ2) is 4.40. The van der Waals surface area contributed by atoms with Gasteiger partial charge in [-0.15, -0.1) is 10.2 Å². The summed E-state index contributed by atoms with van der Waals surface area (Å²) in [4.78, 5) is 11.7. The molecule has 0 spiro atoms. The molecule has 0 aliphatic heterocycles. The lowest BCUT2D eigenvalue weighted by Crippen LogP contribution is -2.12. The number of rotatable bonds is 3. The number of aromatic nitrogens is 4. The zero-order valence-electron chi connectivity index (χ0n) is 8.94. The number of anilines is 1. The molecule has 0 atom stereocenters. The van der Waals surface area contributed by atoms with Gasteiger partial charge in [0.25, 0.3) is 5.91 Å². The van der Waals surface area contributed by atoms with Crippen molar-refractivity contribution in [2.24, 2.45) is 0 Å². The Morgan fingerprint density at radius 2 is 2.38 bits per heavy atom. The van der Waals surface area contributed by atoms with E-state index in [1.807, 2.05) is 13.8 Å². The summed E-state index contributed by atoms with van der Waals surface area (Å²) in [5, 5.41) is 18.4. The van der Waals surface area contributed by atoms with E-state index in [1.165, 1.54) is 11.3 Å². The molecule has 2 N–H and O–H groups in total. The van der Waals surface area contributed by atoms with Crippen LogP contribution in [0, 0.1) is 6.92 Å². The Bertz CT molecular complexity index is 503. The number of carbonyl (C=O) groups excluding carboxylic acids is 1. The second-order valence-electron chi connectivity index (χ2n) is 3.24. The van der Waals surface area contributed by atoms with Crippen molar-refractivity contribution in [3.63, 3.8) is 0 Å². The molecule has 0 unspecified atom stereocenters. The van der Waals surface area contributed by atoms with Crippen molar-refractivity contribution >= 4 is 22.4 Å². The summed E-state index contributed by atoms with van der Waals surface area (Å²) in [7, 11) is 0. The number of hydrogen-bond donors (Lipinski definition) is 2. The van der Waals surface area contributed by atoms with Gasteiger partial charge in [-0.1, -0.05) is 18.3 Å². The Morgan fingerprint density at radius 3 is 2.94 bits per heavy atom. The maximum absolute atomic E-state index is 11.7. The van der Waals surface area contributed by atoms with Crippen molar-refractivity contribution < 1.29 is 4.79 Å². The summed E-state index contributed by atoms with van der Waals surface area (Å²) < 4.78 is 0. The van der Waals surface area contributed by atoms with Gasteiger partial charge < -0.3 is 0 Å². The highest BCUT2D eigenvalue weighted by molar-refractivity contribution is 7.15. The lowest BCUT2D eigenvalue weighted by Gasteiger charge is -1.95. The minimum Gasteiger partial charge on any atom is -0.295 e. The smallest absolute Gasteiger partial charge is 0.277 e. The van der Waals surface area contributed by atoms with Crippen molar-refractivity contribution in [1.82, 2.24) is 20.4 Å². The van der Waals surface area contributed by atoms with E-state index in [0.717, 1.165) is 17.1 Å². The van der Waals surface area contributed by atoms with Crippen LogP contribution in [0.5, 0.6) is 0 Å². The summed E-state index contributed by atoms with van der Waals surface area (Å²) in [5.41, 5.74) is 1.20. The number of aromatic amines is 1. The van der Waals surface area contributed by atoms with Crippen LogP contribution in [0.3, 0.4) is 0 Å². The molecule has 2 aromatic heterocycles. The van der Waals surface area contributed by atoms with Crippen LogP contribution in [0.15, 0.2) is 6.07 Å². The number of hydrogen-bond acceptors (Lipinski definition) is 5. The van der Waals surface area contributed by atoms with Crippen LogP contribution in [0.25, 0.3) is 0 Å². The lowest BCUT2D eigenvalue weighted by molar-refractivity contribution is 0.102. The average Bonchev–Trinajstić information content (AvgIpc) is 2.87. The van der Waals surface area contributed by atoms with Gasteiger partial charge in [0.05, 0.1) is 0 Å². The molecule has 0 saturated heterocycles. The van der Waals surface area contributed by atoms with E-state index >= 15 is 0 Å². The van der Waals surface area contributed by atoms with Crippen molar-refractivity contribution in [1.29, 1.82) is 0 Å². The summed E-state index contributed by atoms with van der Waals surface area (Å²) in [5.74, 6) is -0.275. The third-order valence-electron chi connectivity index (χ3n) is 1.93. The maximum Gasteiger partial charge on any atom is 0.277 e. The van der Waals surface area contributed by atoms with Crippen LogP contribution in [-0.4, -0.2) is 26.3 Å². The number of H-pyrrole nitrogens is 1. The van der Waals surface area contributed by atoms with E-state index < -0.39 is 0 Å². The Morgan fingerprint density at radius 1 is 1.56 bits per heavy atom. The third-order valence-corrected chi connectivity index (χ3v) is 2.91. The molecule has 0 bridgehead atoms. The van der Waals surface area contributed by atoms with E-state index in [2.05, 4.69) is 25.7 Å². The Balaban J connectivity index is 2.07. The number of nitrogens with one attached hydrogen (secondary N) is 2. The monoisotopic (exact) mass is 237 g/mol. The van der Waals surface area contributed by atoms with Crippen molar-refractivity contribution in [2.45, 2.75) is 20.3 Å². The van der Waals surface area contributed by atoms with Crippen molar-refractivity contribution in [2.75, 3.05) is 5.32 Å². The van der Waals surface area contributed by atoms with Gasteiger partial charge in [-0.05, 0) is 19.4 Å². The highest BCUT2D eigenvalue weighted by atomic mass is 32.1. The van der Waals surface area contributed by atoms with E-state index in [1.54, 1.807) is 6.07 Å². The predicted octanol–water partition coefficient (Wildman–Crippen LogP) is 1.38. The molecule has 0 saturated carbocycles. The zero-order valence-corrected chi connectivity index (χ0v) is 9.76. The predicted molar refractivity (Wildman–Crippen MR) is 60.6 cm³/mol. The number of carbonyl (C=O) groups is 1. The molecular formula is C9H11N5OS. The molecule has 7 heteroatoms. The first kappa shape index (κ1) is 10.7. The SMILES string of the molecule is CCc1nnc(NC(=O)c2cc(C)[nH]n2)s1. The van der Waals surface area contributed by atoms with E-state index in [9.17, 15) is 4.79 Å². The quantitative estimate of drug-likeness (QED) is 0.844. The molecule has 0 fully saturated rings. The highest BCUT2D eigenvalue weighted by Gasteiger charge is 2.11. The lowest BCUT2D eigenvalue weighted by atomic mass is 10.3. The standard InChI is InChI=1S/C9H11N5OS/c1-3-7-13-14-9(16-7)10-8(15)6-4-5(2)11-12-6/h4H,3H2,1-2H3,(H,11,12)(H,10,14,15). The molecular weight excluding hydrogens is 226 g/mol. The average molecular weight is 237 g/mol. The molecule has 16 heavy (non-hydrogen) atoms. The Hall–Kier alpha value is -1.76. The summed E-state index contributed by atoms with van der Waals surface area (Å²) in [6, 6.07) is 1.68. The first-order chi connectivity index (χ1) is 7.69. The second-order valence-corrected chi connectivity index (χ2v) is 4.31. The number of amides is 1. The molecule has 0 aliphatic rings. The Kier molecular flexibility index (Phi) is 2.95. The van der Waals surface area contributed by atoms with E-state index in [-0.39, 0.29) is 5.91 Å². The number of nitrogens with zero attached hydrogens (tertiary/aromatic N) is 3. The van der Waals surface area contributed by atoms with E-state index in [4.69, 9.17) is 0 Å². The molecule has 2 aromatic rings. The van der Waals surface area contributed by atoms with Crippen molar-refractivity contribution in [3.05, 3.63) is 22.5 Å². The van der Waals surface area contributed by atoms with Gasteiger partial charge in [-0.25, -0.2) is 0 Å². The van der Waals surface area contributed by atoms with Crippen LogP contribution in [0.4, 0.5) is 5.13 Å². The minimum atomic E-state index is -0.275. The summed E-state index contributed by atoms with van der Waals surface area (Å²) in [6.07, 6.45) is 0.815. The fourth-order valence-corrected chi connectivity index (χ4v) is 1.82. The first-order valence-corrected chi connectivity index (χ1v) is 5.66. The largest absolute Gasteiger partial charge is 0.295 e. The van der Waals surface area contributed by atoms with Crippen LogP contribution in [-0.2, 0) is 6.42 Å². The molecule has 1 amide bonds. The van der Waals surface area contributed by atoms with Gasteiger partial charge in [0, 0.05) is 5.69 Å². The molecule has 0 aromatic carbocycles. The van der Waals surface area contributed by atoms with Gasteiger partial charge in [0.15, 0.2) is 5.69 Å². The maximum atomic E-state index is 11.7. The zero-order chi connectivity index (χ0) is 11.5. The van der Waals surface area contributed by atoms with Gasteiger partial charge in [0.2, 0.25) is 5.13 Å². The van der Waals surface area contributed by atoms with Crippen LogP contribution in [0.1, 0.15) is 28.1 Å². The van der Waals surface area contributed by atoms with E-state index in [0.29, 0.717) is 10.8 Å². The highest BCUT2D eigenvalue weighted by Crippen LogP contribution is 2.16. The molecule has 84 valence electrons. The molecule has 6 nitrogen and oxygen atoms in total. The first-order valence-electron chi connectivity index (χ1n) is 4.84. The minimum absolute atomic E-state index is 0.275. The van der Waals surface area contributed by atoms with Gasteiger partial charge in [-0.2, -0.15) is 5.10 Å². The summed E-state index contributed by atoms with van der Waals surface area (Å²) >= 11 is 1.37. The fourth-order valence-electron chi connectivity index (χ4n) is 1.14. The summed E-state index contributed by atoms with van der Waals surface area (Å²) in [6.45, 7) is 3.83. The molecule has 2 heterocycles. The number of aryl methyl sites for hydroxylation is 2. The molecule has 2 rings (SSSR count). The normalized spacial score (nSPS) is 10.4. The van der Waals surface area contributed by atoms with Gasteiger partial charge in [-0.3, -0.25) is 15.2 Å². The van der Waals surface area contributed by atoms with Gasteiger partial charge >= 0.3 is 0 Å². The van der Waals surface area contributed by atoms with Gasteiger partial charge in [0.1, 0.15) is 5.01 Å². The fraction of sp³-hybridized carbons (Fsp3) is 0.333. The molecule has 0 aliphatic carbocycles. The van der Waals surface area contributed by atoms with Crippen molar-refractivity contribution in [3.8, 4) is 0 Å². The van der Waals surface area contributed by atoms with Crippen LogP contribution < -0.4 is 5.32 Å². The molecule has 0 radical (unpaired) electrons. The van der Waals surface area contributed by atoms with Crippen LogP contribution >= 0.6 is 11.3 Å². The Labute approximate surface area is 96.1 Å².